The number of para-hydroxylation sites is 1. The number of ether oxygens (including phenoxy) is 3. The predicted molar refractivity (Wildman–Crippen MR) is 137 cm³/mol. The molecule has 0 fully saturated rings. The molecule has 0 spiro atoms. The molecule has 1 aromatic heterocycles. The van der Waals surface area contributed by atoms with E-state index >= 15 is 0 Å². The van der Waals surface area contributed by atoms with Crippen molar-refractivity contribution in [2.24, 2.45) is 0 Å². The second kappa shape index (κ2) is 11.4. The van der Waals surface area contributed by atoms with Crippen LogP contribution in [0.25, 0.3) is 21.8 Å². The van der Waals surface area contributed by atoms with E-state index in [-0.39, 0.29) is 18.4 Å². The molecule has 0 bridgehead atoms. The van der Waals surface area contributed by atoms with Gasteiger partial charge in [0.1, 0.15) is 18.0 Å². The Labute approximate surface area is 204 Å². The Hall–Kier alpha value is -4.00. The Bertz CT molecular complexity index is 1330. The van der Waals surface area contributed by atoms with Crippen molar-refractivity contribution in [1.82, 2.24) is 4.57 Å². The summed E-state index contributed by atoms with van der Waals surface area (Å²) in [5.74, 6) is 1.11. The summed E-state index contributed by atoms with van der Waals surface area (Å²) < 4.78 is 19.0. The number of fused-ring (bicyclic) bond motifs is 3. The molecule has 0 aliphatic rings. The van der Waals surface area contributed by atoms with Gasteiger partial charge < -0.3 is 24.1 Å². The molecule has 1 amide bonds. The average molecular weight is 475 g/mol. The van der Waals surface area contributed by atoms with Gasteiger partial charge in [-0.2, -0.15) is 0 Å². The molecule has 35 heavy (non-hydrogen) atoms. The van der Waals surface area contributed by atoms with E-state index in [2.05, 4.69) is 11.4 Å². The van der Waals surface area contributed by atoms with Crippen molar-refractivity contribution < 1.29 is 23.8 Å². The van der Waals surface area contributed by atoms with Gasteiger partial charge in [-0.25, -0.2) is 0 Å². The molecule has 0 saturated carbocycles. The third kappa shape index (κ3) is 6.12. The number of unbranched alkanes of at least 4 members (excludes halogenated alkanes) is 1. The van der Waals surface area contributed by atoms with E-state index in [1.807, 2.05) is 72.2 Å². The Balaban J connectivity index is 1.35. The minimum absolute atomic E-state index is 0.112. The predicted octanol–water partition coefficient (Wildman–Crippen LogP) is 5.55. The van der Waals surface area contributed by atoms with Gasteiger partial charge in [-0.1, -0.05) is 24.3 Å². The monoisotopic (exact) mass is 474 g/mol. The Morgan fingerprint density at radius 1 is 0.829 bits per heavy atom. The van der Waals surface area contributed by atoms with Gasteiger partial charge in [-0.05, 0) is 50.1 Å². The van der Waals surface area contributed by atoms with Crippen molar-refractivity contribution in [1.29, 1.82) is 0 Å². The number of hydrogen-bond donors (Lipinski definition) is 1. The van der Waals surface area contributed by atoms with Crippen LogP contribution in [-0.2, 0) is 20.9 Å². The minimum Gasteiger partial charge on any atom is -0.494 e. The maximum atomic E-state index is 12.2. The maximum Gasteiger partial charge on any atom is 0.325 e. The molecule has 0 saturated heterocycles. The molecular formula is C28H30N2O5. The Morgan fingerprint density at radius 3 is 2.29 bits per heavy atom. The van der Waals surface area contributed by atoms with Crippen molar-refractivity contribution in [3.8, 4) is 11.5 Å². The number of carbonyl (C=O) groups is 2. The molecule has 182 valence electrons. The number of anilines is 1. The second-order valence-corrected chi connectivity index (χ2v) is 8.20. The number of esters is 1. The summed E-state index contributed by atoms with van der Waals surface area (Å²) in [7, 11) is 0. The molecule has 7 nitrogen and oxygen atoms in total. The van der Waals surface area contributed by atoms with Gasteiger partial charge in [0.15, 0.2) is 0 Å². The SMILES string of the molecule is CCOC(=O)Cn1c2ccccc2c2ccc(OCCCCOc3cccc(NC(C)=O)c3)cc21. The van der Waals surface area contributed by atoms with Gasteiger partial charge in [0, 0.05) is 41.0 Å². The van der Waals surface area contributed by atoms with Crippen molar-refractivity contribution in [2.75, 3.05) is 25.1 Å². The molecule has 7 heteroatoms. The highest BCUT2D eigenvalue weighted by molar-refractivity contribution is 6.08. The highest BCUT2D eigenvalue weighted by Crippen LogP contribution is 2.31. The number of benzene rings is 3. The van der Waals surface area contributed by atoms with E-state index in [1.165, 1.54) is 6.92 Å². The first-order valence-corrected chi connectivity index (χ1v) is 11.8. The van der Waals surface area contributed by atoms with Gasteiger partial charge >= 0.3 is 5.97 Å². The Kier molecular flexibility index (Phi) is 7.88. The normalized spacial score (nSPS) is 10.9. The van der Waals surface area contributed by atoms with Gasteiger partial charge in [0.05, 0.1) is 25.3 Å². The van der Waals surface area contributed by atoms with Crippen LogP contribution in [0, 0.1) is 0 Å². The molecule has 3 aromatic carbocycles. The number of amides is 1. The molecular weight excluding hydrogens is 444 g/mol. The lowest BCUT2D eigenvalue weighted by molar-refractivity contribution is -0.143. The molecule has 0 radical (unpaired) electrons. The lowest BCUT2D eigenvalue weighted by Gasteiger charge is -2.10. The van der Waals surface area contributed by atoms with E-state index in [9.17, 15) is 9.59 Å². The largest absolute Gasteiger partial charge is 0.494 e. The summed E-state index contributed by atoms with van der Waals surface area (Å²) in [5, 5.41) is 4.92. The highest BCUT2D eigenvalue weighted by Gasteiger charge is 2.14. The summed E-state index contributed by atoms with van der Waals surface area (Å²) in [5.41, 5.74) is 2.65. The van der Waals surface area contributed by atoms with Crippen molar-refractivity contribution in [3.05, 3.63) is 66.7 Å². The Morgan fingerprint density at radius 2 is 1.54 bits per heavy atom. The van der Waals surface area contributed by atoms with Crippen LogP contribution in [0.15, 0.2) is 66.7 Å². The fourth-order valence-corrected chi connectivity index (χ4v) is 4.08. The zero-order chi connectivity index (χ0) is 24.6. The van der Waals surface area contributed by atoms with Gasteiger partial charge in [-0.15, -0.1) is 0 Å². The van der Waals surface area contributed by atoms with E-state index in [4.69, 9.17) is 14.2 Å². The van der Waals surface area contributed by atoms with Crippen LogP contribution in [0.2, 0.25) is 0 Å². The van der Waals surface area contributed by atoms with Crippen molar-refractivity contribution in [2.45, 2.75) is 33.2 Å². The van der Waals surface area contributed by atoms with Crippen LogP contribution < -0.4 is 14.8 Å². The topological polar surface area (TPSA) is 78.8 Å². The fourth-order valence-electron chi connectivity index (χ4n) is 4.08. The first kappa shape index (κ1) is 24.1. The molecule has 4 aromatic rings. The number of hydrogen-bond acceptors (Lipinski definition) is 5. The van der Waals surface area contributed by atoms with Crippen LogP contribution in [0.5, 0.6) is 11.5 Å². The molecule has 4 rings (SSSR count). The van der Waals surface area contributed by atoms with Crippen molar-refractivity contribution >= 4 is 39.4 Å². The first-order chi connectivity index (χ1) is 17.0. The highest BCUT2D eigenvalue weighted by atomic mass is 16.5. The fraction of sp³-hybridized carbons (Fsp3) is 0.286. The van der Waals surface area contributed by atoms with E-state index < -0.39 is 0 Å². The van der Waals surface area contributed by atoms with E-state index in [1.54, 1.807) is 0 Å². The smallest absolute Gasteiger partial charge is 0.325 e. The summed E-state index contributed by atoms with van der Waals surface area (Å²) >= 11 is 0. The lowest BCUT2D eigenvalue weighted by Crippen LogP contribution is -2.13. The quantitative estimate of drug-likeness (QED) is 0.228. The summed E-state index contributed by atoms with van der Waals surface area (Å²) in [6.45, 7) is 4.91. The number of carbonyl (C=O) groups excluding carboxylic acids is 2. The molecule has 0 unspecified atom stereocenters. The third-order valence-corrected chi connectivity index (χ3v) is 5.57. The van der Waals surface area contributed by atoms with Crippen LogP contribution in [0.1, 0.15) is 26.7 Å². The van der Waals surface area contributed by atoms with E-state index in [0.29, 0.717) is 25.5 Å². The molecule has 0 aliphatic carbocycles. The number of rotatable bonds is 11. The van der Waals surface area contributed by atoms with Gasteiger partial charge in [-0.3, -0.25) is 9.59 Å². The summed E-state index contributed by atoms with van der Waals surface area (Å²) in [4.78, 5) is 23.4. The standard InChI is InChI=1S/C28H30N2O5/c1-3-33-28(32)19-30-26-12-5-4-11-24(26)25-14-13-23(18-27(25)30)35-16-7-6-15-34-22-10-8-9-21(17-22)29-20(2)31/h4-5,8-14,17-18H,3,6-7,15-16,19H2,1-2H3,(H,29,31). The second-order valence-electron chi connectivity index (χ2n) is 8.20. The summed E-state index contributed by atoms with van der Waals surface area (Å²) in [6.07, 6.45) is 1.66. The van der Waals surface area contributed by atoms with Crippen LogP contribution >= 0.6 is 0 Å². The summed E-state index contributed by atoms with van der Waals surface area (Å²) in [6, 6.07) is 21.4. The molecule has 0 atom stereocenters. The van der Waals surface area contributed by atoms with Gasteiger partial charge in [0.2, 0.25) is 5.91 Å². The van der Waals surface area contributed by atoms with Gasteiger partial charge in [0.25, 0.3) is 0 Å². The van der Waals surface area contributed by atoms with Crippen LogP contribution in [0.4, 0.5) is 5.69 Å². The average Bonchev–Trinajstić information content (AvgIpc) is 3.14. The number of nitrogens with zero attached hydrogens (tertiary/aromatic N) is 1. The third-order valence-electron chi connectivity index (χ3n) is 5.57. The molecule has 1 heterocycles. The first-order valence-electron chi connectivity index (χ1n) is 11.8. The van der Waals surface area contributed by atoms with Crippen LogP contribution in [0.3, 0.4) is 0 Å². The van der Waals surface area contributed by atoms with Crippen molar-refractivity contribution in [3.63, 3.8) is 0 Å². The zero-order valence-electron chi connectivity index (χ0n) is 20.1. The minimum atomic E-state index is -0.260. The van der Waals surface area contributed by atoms with Crippen LogP contribution in [-0.4, -0.2) is 36.3 Å². The molecule has 1 N–H and O–H groups in total. The van der Waals surface area contributed by atoms with E-state index in [0.717, 1.165) is 46.1 Å². The lowest BCUT2D eigenvalue weighted by atomic mass is 10.1. The maximum absolute atomic E-state index is 12.2. The molecule has 0 aliphatic heterocycles. The number of nitrogens with one attached hydrogen (secondary N) is 1. The number of aromatic nitrogens is 1. The zero-order valence-corrected chi connectivity index (χ0v) is 20.1.